The summed E-state index contributed by atoms with van der Waals surface area (Å²) in [6.07, 6.45) is 1.78. The Bertz CT molecular complexity index is 606. The Balaban J connectivity index is 1.77. The zero-order chi connectivity index (χ0) is 14.1. The predicted molar refractivity (Wildman–Crippen MR) is 78.9 cm³/mol. The van der Waals surface area contributed by atoms with Gasteiger partial charge < -0.3 is 10.5 Å². The van der Waals surface area contributed by atoms with Crippen molar-refractivity contribution in [2.45, 2.75) is 31.7 Å². The molecule has 0 spiro atoms. The summed E-state index contributed by atoms with van der Waals surface area (Å²) < 4.78 is 7.67. The monoisotopic (exact) mass is 271 g/mol. The third-order valence-corrected chi connectivity index (χ3v) is 4.09. The van der Waals surface area contributed by atoms with E-state index in [1.165, 1.54) is 11.3 Å². The number of ether oxygens (including phenoxy) is 1. The van der Waals surface area contributed by atoms with Gasteiger partial charge in [0.05, 0.1) is 12.3 Å². The van der Waals surface area contributed by atoms with Gasteiger partial charge in [0.2, 0.25) is 0 Å². The molecule has 2 atom stereocenters. The molecule has 2 unspecified atom stereocenters. The third-order valence-electron chi connectivity index (χ3n) is 4.09. The second-order valence-electron chi connectivity index (χ2n) is 5.43. The van der Waals surface area contributed by atoms with Gasteiger partial charge in [-0.15, -0.1) is 0 Å². The molecule has 2 N–H and O–H groups in total. The number of aryl methyl sites for hydroxylation is 2. The number of rotatable bonds is 4. The van der Waals surface area contributed by atoms with Gasteiger partial charge in [-0.1, -0.05) is 25.1 Å². The van der Waals surface area contributed by atoms with Gasteiger partial charge in [-0.3, -0.25) is 4.68 Å². The van der Waals surface area contributed by atoms with E-state index in [9.17, 15) is 0 Å². The maximum absolute atomic E-state index is 6.42. The van der Waals surface area contributed by atoms with Crippen LogP contribution >= 0.6 is 0 Å². The smallest absolute Gasteiger partial charge is 0.122 e. The highest BCUT2D eigenvalue weighted by Gasteiger charge is 2.29. The number of fused-ring (bicyclic) bond motifs is 1. The van der Waals surface area contributed by atoms with E-state index < -0.39 is 0 Å². The molecular weight excluding hydrogens is 250 g/mol. The Hall–Kier alpha value is -1.81. The number of para-hydroxylation sites is 1. The molecule has 0 bridgehead atoms. The topological polar surface area (TPSA) is 53.1 Å². The van der Waals surface area contributed by atoms with Crippen molar-refractivity contribution in [2.75, 3.05) is 6.61 Å². The maximum Gasteiger partial charge on any atom is 0.122 e. The van der Waals surface area contributed by atoms with E-state index >= 15 is 0 Å². The van der Waals surface area contributed by atoms with E-state index in [4.69, 9.17) is 10.5 Å². The molecule has 20 heavy (non-hydrogen) atoms. The van der Waals surface area contributed by atoms with Crippen molar-refractivity contribution in [2.24, 2.45) is 12.8 Å². The Morgan fingerprint density at radius 1 is 1.45 bits per heavy atom. The molecule has 1 aliphatic rings. The first-order valence-corrected chi connectivity index (χ1v) is 7.18. The van der Waals surface area contributed by atoms with Crippen molar-refractivity contribution in [1.82, 2.24) is 9.78 Å². The lowest BCUT2D eigenvalue weighted by atomic mass is 9.91. The summed E-state index contributed by atoms with van der Waals surface area (Å²) in [6, 6.07) is 10.4. The van der Waals surface area contributed by atoms with Crippen molar-refractivity contribution >= 4 is 0 Å². The van der Waals surface area contributed by atoms with Gasteiger partial charge in [0.15, 0.2) is 0 Å². The molecule has 0 radical (unpaired) electrons. The minimum atomic E-state index is 0.0544. The largest absolute Gasteiger partial charge is 0.493 e. The minimum Gasteiger partial charge on any atom is -0.493 e. The van der Waals surface area contributed by atoms with Crippen molar-refractivity contribution in [1.29, 1.82) is 0 Å². The van der Waals surface area contributed by atoms with Crippen molar-refractivity contribution < 1.29 is 4.74 Å². The van der Waals surface area contributed by atoms with E-state index in [2.05, 4.69) is 24.2 Å². The lowest BCUT2D eigenvalue weighted by Gasteiger charge is -2.18. The quantitative estimate of drug-likeness (QED) is 0.925. The zero-order valence-corrected chi connectivity index (χ0v) is 12.0. The van der Waals surface area contributed by atoms with Crippen LogP contribution in [0.15, 0.2) is 30.3 Å². The Labute approximate surface area is 119 Å². The van der Waals surface area contributed by atoms with Crippen LogP contribution in [-0.4, -0.2) is 22.4 Å². The van der Waals surface area contributed by atoms with Gasteiger partial charge in [-0.05, 0) is 18.6 Å². The van der Waals surface area contributed by atoms with Crippen LogP contribution < -0.4 is 10.5 Å². The first-order valence-electron chi connectivity index (χ1n) is 7.18. The third kappa shape index (κ3) is 2.31. The van der Waals surface area contributed by atoms with Crippen molar-refractivity contribution in [3.05, 3.63) is 47.3 Å². The van der Waals surface area contributed by atoms with Crippen LogP contribution in [0.5, 0.6) is 5.75 Å². The van der Waals surface area contributed by atoms with Crippen LogP contribution in [0.4, 0.5) is 0 Å². The van der Waals surface area contributed by atoms with Crippen molar-refractivity contribution in [3.8, 4) is 5.75 Å². The summed E-state index contributed by atoms with van der Waals surface area (Å²) in [5.41, 5.74) is 9.97. The van der Waals surface area contributed by atoms with Crippen LogP contribution in [0.1, 0.15) is 29.8 Å². The van der Waals surface area contributed by atoms with E-state index in [0.29, 0.717) is 6.61 Å². The Kier molecular flexibility index (Phi) is 3.49. The average molecular weight is 271 g/mol. The van der Waals surface area contributed by atoms with Crippen molar-refractivity contribution in [3.63, 3.8) is 0 Å². The van der Waals surface area contributed by atoms with E-state index in [0.717, 1.165) is 24.3 Å². The second kappa shape index (κ2) is 5.29. The first-order chi connectivity index (χ1) is 9.69. The second-order valence-corrected chi connectivity index (χ2v) is 5.43. The summed E-state index contributed by atoms with van der Waals surface area (Å²) in [5, 5.41) is 4.48. The molecule has 1 aromatic heterocycles. The summed E-state index contributed by atoms with van der Waals surface area (Å²) in [6.45, 7) is 2.80. The Morgan fingerprint density at radius 3 is 3.00 bits per heavy atom. The maximum atomic E-state index is 6.42. The van der Waals surface area contributed by atoms with E-state index in [1.54, 1.807) is 0 Å². The Morgan fingerprint density at radius 2 is 2.25 bits per heavy atom. The normalized spacial score (nSPS) is 18.6. The molecule has 106 valence electrons. The minimum absolute atomic E-state index is 0.0544. The first kappa shape index (κ1) is 13.2. The zero-order valence-electron chi connectivity index (χ0n) is 12.0. The van der Waals surface area contributed by atoms with E-state index in [-0.39, 0.29) is 12.0 Å². The van der Waals surface area contributed by atoms with Gasteiger partial charge in [0.1, 0.15) is 5.75 Å². The molecule has 0 saturated heterocycles. The number of benzene rings is 1. The molecule has 1 aliphatic heterocycles. The molecule has 0 saturated carbocycles. The molecular formula is C16H21N3O. The number of hydrogen-bond acceptors (Lipinski definition) is 3. The molecule has 4 nitrogen and oxygen atoms in total. The summed E-state index contributed by atoms with van der Waals surface area (Å²) in [7, 11) is 1.99. The molecule has 0 amide bonds. The fourth-order valence-electron chi connectivity index (χ4n) is 2.86. The number of aromatic nitrogens is 2. The summed E-state index contributed by atoms with van der Waals surface area (Å²) in [4.78, 5) is 0. The van der Waals surface area contributed by atoms with Gasteiger partial charge in [-0.25, -0.2) is 0 Å². The fourth-order valence-corrected chi connectivity index (χ4v) is 2.86. The highest BCUT2D eigenvalue weighted by molar-refractivity contribution is 5.40. The van der Waals surface area contributed by atoms with Crippen LogP contribution in [0, 0.1) is 0 Å². The van der Waals surface area contributed by atoms with Gasteiger partial charge in [0.25, 0.3) is 0 Å². The van der Waals surface area contributed by atoms with E-state index in [1.807, 2.05) is 29.9 Å². The number of nitrogens with two attached hydrogens (primary N) is 1. The SMILES string of the molecule is CCc1cc(CC(N)C2COc3ccccc32)n(C)n1. The molecule has 3 rings (SSSR count). The van der Waals surface area contributed by atoms with Gasteiger partial charge >= 0.3 is 0 Å². The number of nitrogens with zero attached hydrogens (tertiary/aromatic N) is 2. The fraction of sp³-hybridized carbons (Fsp3) is 0.438. The molecule has 0 fully saturated rings. The average Bonchev–Trinajstić information content (AvgIpc) is 3.03. The summed E-state index contributed by atoms with van der Waals surface area (Å²) in [5.74, 6) is 1.25. The number of hydrogen-bond donors (Lipinski definition) is 1. The van der Waals surface area contributed by atoms with Gasteiger partial charge in [-0.2, -0.15) is 5.10 Å². The summed E-state index contributed by atoms with van der Waals surface area (Å²) >= 11 is 0. The lowest BCUT2D eigenvalue weighted by molar-refractivity contribution is 0.312. The van der Waals surface area contributed by atoms with Crippen LogP contribution in [0.3, 0.4) is 0 Å². The molecule has 2 heterocycles. The molecule has 0 aliphatic carbocycles. The highest BCUT2D eigenvalue weighted by atomic mass is 16.5. The lowest BCUT2D eigenvalue weighted by Crippen LogP contribution is -2.32. The molecule has 4 heteroatoms. The predicted octanol–water partition coefficient (Wildman–Crippen LogP) is 2.03. The van der Waals surface area contributed by atoms with Crippen LogP contribution in [-0.2, 0) is 19.9 Å². The molecule has 2 aromatic rings. The highest BCUT2D eigenvalue weighted by Crippen LogP contribution is 2.35. The van der Waals surface area contributed by atoms with Crippen LogP contribution in [0.2, 0.25) is 0 Å². The standard InChI is InChI=1S/C16H21N3O/c1-3-11-8-12(19(2)18-11)9-15(17)14-10-20-16-7-5-4-6-13(14)16/h4-8,14-15H,3,9-10,17H2,1-2H3. The van der Waals surface area contributed by atoms with Gasteiger partial charge in [0, 0.05) is 36.7 Å². The molecule has 1 aromatic carbocycles. The van der Waals surface area contributed by atoms with Crippen LogP contribution in [0.25, 0.3) is 0 Å².